The van der Waals surface area contributed by atoms with E-state index in [-0.39, 0.29) is 23.6 Å². The second-order valence-corrected chi connectivity index (χ2v) is 11.8. The van der Waals surface area contributed by atoms with Gasteiger partial charge in [0, 0.05) is 11.9 Å². The molecular formula is C27H23F3N3O4P. The molecule has 1 N–H and O–H groups in total. The first-order chi connectivity index (χ1) is 18.0. The number of esters is 1. The molecule has 1 aromatic heterocycles. The summed E-state index contributed by atoms with van der Waals surface area (Å²) in [5.74, 6) is -1.42. The molecule has 0 atom stereocenters. The number of nitrogens with one attached hydrogen (secondary N) is 1. The number of hydrogen-bond donors (Lipinski definition) is 1. The summed E-state index contributed by atoms with van der Waals surface area (Å²) in [4.78, 5) is 20.0. The SMILES string of the molecule is CP(C)(=O)c1ccccc1Oc1nc(Nc2ccc(C(=O)OCc3ccccc3)cc2)ncc1C(F)(F)F. The standard InChI is InChI=1S/C27H23F3N3O4P/c1-38(2,35)23-11-7-6-10-22(23)37-24-21(27(28,29)30)16-31-26(33-24)32-20-14-12-19(13-15-20)25(34)36-17-18-8-4-3-5-9-18/h3-16H,17H2,1-2H3,(H,31,32,33). The summed E-state index contributed by atoms with van der Waals surface area (Å²) in [5, 5.41) is 3.09. The summed E-state index contributed by atoms with van der Waals surface area (Å²) in [6.07, 6.45) is -4.17. The van der Waals surface area contributed by atoms with Crippen LogP contribution in [0.2, 0.25) is 0 Å². The van der Waals surface area contributed by atoms with E-state index in [9.17, 15) is 22.5 Å². The number of carbonyl (C=O) groups excluding carboxylic acids is 1. The van der Waals surface area contributed by atoms with E-state index in [4.69, 9.17) is 9.47 Å². The van der Waals surface area contributed by atoms with Crippen LogP contribution in [0.25, 0.3) is 0 Å². The Kier molecular flexibility index (Phi) is 7.83. The molecule has 4 aromatic rings. The first-order valence-corrected chi connectivity index (χ1v) is 14.0. The molecule has 0 radical (unpaired) electrons. The molecular weight excluding hydrogens is 518 g/mol. The van der Waals surface area contributed by atoms with Gasteiger partial charge in [-0.15, -0.1) is 0 Å². The molecule has 4 rings (SSSR count). The van der Waals surface area contributed by atoms with Crippen LogP contribution >= 0.6 is 7.14 Å². The Morgan fingerprint density at radius 2 is 1.61 bits per heavy atom. The number of carbonyl (C=O) groups is 1. The topological polar surface area (TPSA) is 90.4 Å². The molecule has 3 aromatic carbocycles. The predicted octanol–water partition coefficient (Wildman–Crippen LogP) is 6.64. The van der Waals surface area contributed by atoms with Crippen LogP contribution in [-0.2, 0) is 22.1 Å². The molecule has 7 nitrogen and oxygen atoms in total. The highest BCUT2D eigenvalue weighted by molar-refractivity contribution is 7.70. The van der Waals surface area contributed by atoms with Gasteiger partial charge in [-0.2, -0.15) is 18.2 Å². The molecule has 0 bridgehead atoms. The minimum Gasteiger partial charge on any atom is -0.457 e. The smallest absolute Gasteiger partial charge is 0.423 e. The number of ether oxygens (including phenoxy) is 2. The number of benzene rings is 3. The van der Waals surface area contributed by atoms with Crippen LogP contribution in [0.5, 0.6) is 11.6 Å². The Morgan fingerprint density at radius 3 is 2.26 bits per heavy atom. The molecule has 0 aliphatic rings. The summed E-state index contributed by atoms with van der Waals surface area (Å²) >= 11 is 0. The van der Waals surface area contributed by atoms with Gasteiger partial charge in [-0.05, 0) is 55.3 Å². The van der Waals surface area contributed by atoms with Crippen molar-refractivity contribution in [1.82, 2.24) is 9.97 Å². The molecule has 0 saturated heterocycles. The minimum absolute atomic E-state index is 0.00866. The Labute approximate surface area is 217 Å². The van der Waals surface area contributed by atoms with E-state index in [2.05, 4.69) is 15.3 Å². The summed E-state index contributed by atoms with van der Waals surface area (Å²) in [7, 11) is -2.85. The lowest BCUT2D eigenvalue weighted by atomic mass is 10.2. The summed E-state index contributed by atoms with van der Waals surface area (Å²) in [6.45, 7) is 3.11. The van der Waals surface area contributed by atoms with Crippen molar-refractivity contribution in [1.29, 1.82) is 0 Å². The van der Waals surface area contributed by atoms with E-state index >= 15 is 0 Å². The quantitative estimate of drug-likeness (QED) is 0.198. The van der Waals surface area contributed by atoms with E-state index in [1.165, 1.54) is 37.6 Å². The Morgan fingerprint density at radius 1 is 0.947 bits per heavy atom. The first kappa shape index (κ1) is 26.9. The van der Waals surface area contributed by atoms with Crippen molar-refractivity contribution in [3.63, 3.8) is 0 Å². The number of aromatic nitrogens is 2. The number of anilines is 2. The number of nitrogens with zero attached hydrogens (tertiary/aromatic N) is 2. The van der Waals surface area contributed by atoms with Crippen LogP contribution in [0.4, 0.5) is 24.8 Å². The highest BCUT2D eigenvalue weighted by atomic mass is 31.2. The normalized spacial score (nSPS) is 11.6. The van der Waals surface area contributed by atoms with Gasteiger partial charge < -0.3 is 19.4 Å². The van der Waals surface area contributed by atoms with Gasteiger partial charge in [0.05, 0.1) is 10.9 Å². The third kappa shape index (κ3) is 6.77. The number of rotatable bonds is 8. The molecule has 0 fully saturated rings. The van der Waals surface area contributed by atoms with E-state index < -0.39 is 30.7 Å². The predicted molar refractivity (Wildman–Crippen MR) is 138 cm³/mol. The molecule has 0 amide bonds. The van der Waals surface area contributed by atoms with Crippen LogP contribution in [0.1, 0.15) is 21.5 Å². The number of halogens is 3. The lowest BCUT2D eigenvalue weighted by molar-refractivity contribution is -0.139. The van der Waals surface area contributed by atoms with Crippen LogP contribution in [0, 0.1) is 0 Å². The second kappa shape index (κ2) is 11.1. The lowest BCUT2D eigenvalue weighted by Gasteiger charge is -2.17. The highest BCUT2D eigenvalue weighted by Crippen LogP contribution is 2.41. The zero-order valence-corrected chi connectivity index (χ0v) is 21.3. The summed E-state index contributed by atoms with van der Waals surface area (Å²) in [6, 6.07) is 21.5. The fraction of sp³-hybridized carbons (Fsp3) is 0.148. The molecule has 0 spiro atoms. The molecule has 0 saturated carbocycles. The Hall–Kier alpha value is -4.17. The van der Waals surface area contributed by atoms with E-state index in [0.717, 1.165) is 5.56 Å². The molecule has 1 heterocycles. The maximum atomic E-state index is 13.7. The van der Waals surface area contributed by atoms with Crippen molar-refractivity contribution in [2.75, 3.05) is 18.6 Å². The van der Waals surface area contributed by atoms with Gasteiger partial charge in [-0.25, -0.2) is 9.78 Å². The molecule has 0 aliphatic carbocycles. The third-order valence-electron chi connectivity index (χ3n) is 5.30. The zero-order valence-electron chi connectivity index (χ0n) is 20.4. The van der Waals surface area contributed by atoms with E-state index in [1.807, 2.05) is 30.3 Å². The van der Waals surface area contributed by atoms with Gasteiger partial charge >= 0.3 is 12.1 Å². The average Bonchev–Trinajstić information content (AvgIpc) is 2.87. The highest BCUT2D eigenvalue weighted by Gasteiger charge is 2.37. The number of para-hydroxylation sites is 1. The maximum absolute atomic E-state index is 13.7. The van der Waals surface area contributed by atoms with Crippen LogP contribution < -0.4 is 15.4 Å². The largest absolute Gasteiger partial charge is 0.457 e. The van der Waals surface area contributed by atoms with Crippen molar-refractivity contribution >= 4 is 30.1 Å². The van der Waals surface area contributed by atoms with Crippen molar-refractivity contribution in [2.24, 2.45) is 0 Å². The van der Waals surface area contributed by atoms with Crippen molar-refractivity contribution in [2.45, 2.75) is 12.8 Å². The van der Waals surface area contributed by atoms with Gasteiger partial charge in [-0.1, -0.05) is 42.5 Å². The Bertz CT molecular complexity index is 1470. The molecule has 38 heavy (non-hydrogen) atoms. The fourth-order valence-electron chi connectivity index (χ4n) is 3.42. The maximum Gasteiger partial charge on any atom is 0.423 e. The van der Waals surface area contributed by atoms with Crippen LogP contribution in [0.15, 0.2) is 85.1 Å². The van der Waals surface area contributed by atoms with Crippen LogP contribution in [-0.4, -0.2) is 29.3 Å². The monoisotopic (exact) mass is 541 g/mol. The summed E-state index contributed by atoms with van der Waals surface area (Å²) in [5.41, 5.74) is 0.377. The van der Waals surface area contributed by atoms with Crippen molar-refractivity contribution in [3.8, 4) is 11.6 Å². The van der Waals surface area contributed by atoms with Crippen molar-refractivity contribution < 1.29 is 32.0 Å². The van der Waals surface area contributed by atoms with Crippen LogP contribution in [0.3, 0.4) is 0 Å². The van der Waals surface area contributed by atoms with Gasteiger partial charge in [0.25, 0.3) is 0 Å². The zero-order chi connectivity index (χ0) is 27.3. The van der Waals surface area contributed by atoms with Crippen molar-refractivity contribution in [3.05, 3.63) is 102 Å². The fourth-order valence-corrected chi connectivity index (χ4v) is 4.51. The molecule has 0 aliphatic heterocycles. The summed E-state index contributed by atoms with van der Waals surface area (Å²) < 4.78 is 64.4. The van der Waals surface area contributed by atoms with E-state index in [1.54, 1.807) is 24.3 Å². The van der Waals surface area contributed by atoms with E-state index in [0.29, 0.717) is 17.4 Å². The minimum atomic E-state index is -4.79. The lowest BCUT2D eigenvalue weighted by Crippen LogP contribution is -2.13. The molecule has 196 valence electrons. The van der Waals surface area contributed by atoms with Gasteiger partial charge in [0.2, 0.25) is 11.8 Å². The second-order valence-electron chi connectivity index (χ2n) is 8.59. The van der Waals surface area contributed by atoms with Gasteiger partial charge in [0.1, 0.15) is 25.1 Å². The number of hydrogen-bond acceptors (Lipinski definition) is 7. The Balaban J connectivity index is 1.53. The van der Waals surface area contributed by atoms with Gasteiger partial charge in [0.15, 0.2) is 0 Å². The first-order valence-electron chi connectivity index (χ1n) is 11.4. The average molecular weight is 541 g/mol. The number of alkyl halides is 3. The van der Waals surface area contributed by atoms with Gasteiger partial charge in [-0.3, -0.25) is 0 Å². The molecule has 0 unspecified atom stereocenters. The molecule has 11 heteroatoms. The third-order valence-corrected chi connectivity index (χ3v) is 6.83.